The van der Waals surface area contributed by atoms with Crippen molar-refractivity contribution in [3.8, 4) is 5.75 Å². The summed E-state index contributed by atoms with van der Waals surface area (Å²) in [6.45, 7) is 0. The van der Waals surface area contributed by atoms with Gasteiger partial charge < -0.3 is 5.11 Å². The van der Waals surface area contributed by atoms with Crippen LogP contribution in [0.15, 0.2) is 18.2 Å². The van der Waals surface area contributed by atoms with Crippen molar-refractivity contribution in [2.24, 2.45) is 0 Å². The zero-order valence-corrected chi connectivity index (χ0v) is 8.75. The Bertz CT molecular complexity index is 222. The summed E-state index contributed by atoms with van der Waals surface area (Å²) in [5.74, 6) is 0.333. The van der Waals surface area contributed by atoms with Crippen molar-refractivity contribution >= 4 is 45.2 Å². The van der Waals surface area contributed by atoms with Crippen LogP contribution in [-0.2, 0) is 0 Å². The molecule has 1 N–H and O–H groups in total. The molecule has 0 atom stereocenters. The van der Waals surface area contributed by atoms with E-state index in [0.29, 0.717) is 5.75 Å². The molecule has 0 heterocycles. The van der Waals surface area contributed by atoms with E-state index in [-0.39, 0.29) is 0 Å². The average Bonchev–Trinajstić information content (AvgIpc) is 1.80. The Morgan fingerprint density at radius 2 is 1.78 bits per heavy atom. The molecule has 0 saturated heterocycles. The Morgan fingerprint density at radius 3 is 2.22 bits per heavy atom. The minimum atomic E-state index is 0.333. The van der Waals surface area contributed by atoms with Crippen LogP contribution >= 0.6 is 45.2 Å². The highest BCUT2D eigenvalue weighted by Crippen LogP contribution is 2.19. The van der Waals surface area contributed by atoms with Crippen molar-refractivity contribution in [3.05, 3.63) is 25.3 Å². The molecule has 3 heteroatoms. The molecule has 0 aliphatic carbocycles. The van der Waals surface area contributed by atoms with Gasteiger partial charge in [-0.25, -0.2) is 0 Å². The van der Waals surface area contributed by atoms with Crippen LogP contribution in [0.4, 0.5) is 0 Å². The van der Waals surface area contributed by atoms with Gasteiger partial charge in [-0.15, -0.1) is 0 Å². The first-order valence-electron chi connectivity index (χ1n) is 2.34. The first-order valence-corrected chi connectivity index (χ1v) is 4.50. The third-order valence-corrected chi connectivity index (χ3v) is 3.77. The molecular weight excluding hydrogens is 342 g/mol. The zero-order valence-electron chi connectivity index (χ0n) is 4.44. The van der Waals surface area contributed by atoms with Crippen LogP contribution in [0, 0.1) is 7.14 Å². The average molecular weight is 346 g/mol. The molecule has 9 heavy (non-hydrogen) atoms. The second-order valence-electron chi connectivity index (χ2n) is 1.60. The zero-order chi connectivity index (χ0) is 6.85. The largest absolute Gasteiger partial charge is 0.508 e. The molecule has 0 fully saturated rings. The van der Waals surface area contributed by atoms with Gasteiger partial charge >= 0.3 is 0 Å². The van der Waals surface area contributed by atoms with E-state index in [1.54, 1.807) is 12.1 Å². The third kappa shape index (κ3) is 1.96. The number of aromatic hydroxyl groups is 1. The highest BCUT2D eigenvalue weighted by atomic mass is 127. The molecule has 0 aliphatic rings. The van der Waals surface area contributed by atoms with Gasteiger partial charge in [0.15, 0.2) is 0 Å². The minimum Gasteiger partial charge on any atom is -0.508 e. The summed E-state index contributed by atoms with van der Waals surface area (Å²) >= 11 is 4.40. The SMILES string of the molecule is Oc1ccc(I)c(I)c1. The van der Waals surface area contributed by atoms with Crippen LogP contribution in [0.3, 0.4) is 0 Å². The van der Waals surface area contributed by atoms with Gasteiger partial charge in [0.25, 0.3) is 0 Å². The lowest BCUT2D eigenvalue weighted by Gasteiger charge is -1.94. The molecule has 0 aromatic heterocycles. The number of hydrogen-bond donors (Lipinski definition) is 1. The minimum absolute atomic E-state index is 0.333. The molecule has 0 unspecified atom stereocenters. The lowest BCUT2D eigenvalue weighted by molar-refractivity contribution is 0.475. The molecule has 1 aromatic carbocycles. The van der Waals surface area contributed by atoms with Crippen LogP contribution in [0.5, 0.6) is 5.75 Å². The summed E-state index contributed by atoms with van der Waals surface area (Å²) < 4.78 is 2.26. The monoisotopic (exact) mass is 346 g/mol. The van der Waals surface area contributed by atoms with Crippen molar-refractivity contribution in [3.63, 3.8) is 0 Å². The standard InChI is InChI=1S/C6H4I2O/c7-5-2-1-4(9)3-6(5)8/h1-3,9H. The summed E-state index contributed by atoms with van der Waals surface area (Å²) in [7, 11) is 0. The van der Waals surface area contributed by atoms with E-state index in [2.05, 4.69) is 45.2 Å². The lowest BCUT2D eigenvalue weighted by Crippen LogP contribution is -1.75. The normalized spacial score (nSPS) is 9.56. The number of halogens is 2. The molecule has 0 bridgehead atoms. The van der Waals surface area contributed by atoms with E-state index >= 15 is 0 Å². The maximum absolute atomic E-state index is 8.93. The summed E-state index contributed by atoms with van der Waals surface area (Å²) in [5.41, 5.74) is 0. The summed E-state index contributed by atoms with van der Waals surface area (Å²) in [5, 5.41) is 8.93. The molecule has 1 nitrogen and oxygen atoms in total. The smallest absolute Gasteiger partial charge is 0.116 e. The van der Waals surface area contributed by atoms with Crippen LogP contribution in [0.25, 0.3) is 0 Å². The maximum Gasteiger partial charge on any atom is 0.116 e. The van der Waals surface area contributed by atoms with Gasteiger partial charge in [0, 0.05) is 7.14 Å². The molecule has 1 rings (SSSR count). The Labute approximate surface area is 80.7 Å². The fourth-order valence-corrected chi connectivity index (χ4v) is 1.32. The molecule has 0 amide bonds. The first kappa shape index (κ1) is 7.59. The van der Waals surface area contributed by atoms with Crippen molar-refractivity contribution in [2.75, 3.05) is 0 Å². The van der Waals surface area contributed by atoms with Gasteiger partial charge in [0.1, 0.15) is 5.75 Å². The van der Waals surface area contributed by atoms with Crippen LogP contribution in [-0.4, -0.2) is 5.11 Å². The Morgan fingerprint density at radius 1 is 1.11 bits per heavy atom. The van der Waals surface area contributed by atoms with Crippen molar-refractivity contribution in [1.29, 1.82) is 0 Å². The van der Waals surface area contributed by atoms with E-state index in [0.717, 1.165) is 3.57 Å². The van der Waals surface area contributed by atoms with Crippen LogP contribution in [0.2, 0.25) is 0 Å². The third-order valence-electron chi connectivity index (χ3n) is 0.903. The molecule has 0 saturated carbocycles. The number of benzene rings is 1. The highest BCUT2D eigenvalue weighted by Gasteiger charge is 1.94. The first-order chi connectivity index (χ1) is 4.20. The fraction of sp³-hybridized carbons (Fsp3) is 0. The van der Waals surface area contributed by atoms with E-state index < -0.39 is 0 Å². The van der Waals surface area contributed by atoms with Gasteiger partial charge in [0.05, 0.1) is 0 Å². The summed E-state index contributed by atoms with van der Waals surface area (Å²) in [6, 6.07) is 5.31. The molecule has 0 radical (unpaired) electrons. The quantitative estimate of drug-likeness (QED) is 0.717. The van der Waals surface area contributed by atoms with Crippen LogP contribution in [0.1, 0.15) is 0 Å². The second kappa shape index (κ2) is 3.05. The number of phenolic OH excluding ortho intramolecular Hbond substituents is 1. The number of hydrogen-bond acceptors (Lipinski definition) is 1. The van der Waals surface area contributed by atoms with Crippen molar-refractivity contribution in [2.45, 2.75) is 0 Å². The van der Waals surface area contributed by atoms with E-state index in [1.165, 1.54) is 3.57 Å². The fourth-order valence-electron chi connectivity index (χ4n) is 0.485. The Balaban J connectivity index is 3.17. The molecule has 0 spiro atoms. The topological polar surface area (TPSA) is 20.2 Å². The van der Waals surface area contributed by atoms with E-state index in [1.807, 2.05) is 6.07 Å². The maximum atomic E-state index is 8.93. The van der Waals surface area contributed by atoms with Crippen molar-refractivity contribution < 1.29 is 5.11 Å². The predicted molar refractivity (Wildman–Crippen MR) is 53.5 cm³/mol. The van der Waals surface area contributed by atoms with E-state index in [4.69, 9.17) is 5.11 Å². The van der Waals surface area contributed by atoms with Gasteiger partial charge in [-0.1, -0.05) is 0 Å². The second-order valence-corrected chi connectivity index (χ2v) is 3.92. The molecule has 0 aliphatic heterocycles. The molecule has 1 aromatic rings. The van der Waals surface area contributed by atoms with Gasteiger partial charge in [0.2, 0.25) is 0 Å². The lowest BCUT2D eigenvalue weighted by atomic mass is 10.3. The van der Waals surface area contributed by atoms with E-state index in [9.17, 15) is 0 Å². The Kier molecular flexibility index (Phi) is 2.57. The summed E-state index contributed by atoms with van der Waals surface area (Å²) in [4.78, 5) is 0. The Hall–Kier alpha value is 0.480. The number of phenols is 1. The molecular formula is C6H4I2O. The van der Waals surface area contributed by atoms with Gasteiger partial charge in [-0.3, -0.25) is 0 Å². The highest BCUT2D eigenvalue weighted by molar-refractivity contribution is 14.1. The van der Waals surface area contributed by atoms with Crippen LogP contribution < -0.4 is 0 Å². The molecule has 48 valence electrons. The predicted octanol–water partition coefficient (Wildman–Crippen LogP) is 2.60. The summed E-state index contributed by atoms with van der Waals surface area (Å²) in [6.07, 6.45) is 0. The van der Waals surface area contributed by atoms with Crippen molar-refractivity contribution in [1.82, 2.24) is 0 Å². The van der Waals surface area contributed by atoms with Gasteiger partial charge in [-0.2, -0.15) is 0 Å². The number of rotatable bonds is 0. The van der Waals surface area contributed by atoms with Gasteiger partial charge in [-0.05, 0) is 63.4 Å².